The smallest absolute Gasteiger partial charge is 0.274 e. The zero-order chi connectivity index (χ0) is 15.5. The molecule has 0 bridgehead atoms. The van der Waals surface area contributed by atoms with E-state index in [0.717, 1.165) is 32.0 Å². The molecule has 1 aromatic heterocycles. The van der Waals surface area contributed by atoms with Crippen LogP contribution in [0, 0.1) is 11.8 Å². The Hall–Kier alpha value is -1.49. The Morgan fingerprint density at radius 2 is 2.18 bits per heavy atom. The molecule has 120 valence electrons. The second kappa shape index (κ2) is 6.73. The van der Waals surface area contributed by atoms with Crippen LogP contribution in [0.4, 0.5) is 0 Å². The first-order valence-corrected chi connectivity index (χ1v) is 8.46. The maximum Gasteiger partial charge on any atom is 0.274 e. The molecule has 1 aromatic rings. The summed E-state index contributed by atoms with van der Waals surface area (Å²) in [7, 11) is 0. The highest BCUT2D eigenvalue weighted by Crippen LogP contribution is 2.32. The van der Waals surface area contributed by atoms with E-state index in [1.165, 1.54) is 19.4 Å². The first kappa shape index (κ1) is 15.4. The van der Waals surface area contributed by atoms with Gasteiger partial charge in [0.2, 0.25) is 0 Å². The van der Waals surface area contributed by atoms with E-state index in [-0.39, 0.29) is 5.91 Å². The second-order valence-electron chi connectivity index (χ2n) is 6.96. The van der Waals surface area contributed by atoms with Gasteiger partial charge < -0.3 is 4.90 Å². The van der Waals surface area contributed by atoms with Crippen molar-refractivity contribution in [3.8, 4) is 0 Å². The summed E-state index contributed by atoms with van der Waals surface area (Å²) in [5.41, 5.74) is 0.459. The normalized spacial score (nSPS) is 23.6. The zero-order valence-electron chi connectivity index (χ0n) is 13.6. The lowest BCUT2D eigenvalue weighted by Crippen LogP contribution is -2.46. The molecule has 1 aliphatic carbocycles. The molecule has 2 fully saturated rings. The number of rotatable bonds is 4. The van der Waals surface area contributed by atoms with Gasteiger partial charge in [-0.15, -0.1) is 5.10 Å². The van der Waals surface area contributed by atoms with E-state index in [9.17, 15) is 4.79 Å². The quantitative estimate of drug-likeness (QED) is 0.854. The minimum Gasteiger partial charge on any atom is -0.336 e. The fourth-order valence-corrected chi connectivity index (χ4v) is 3.32. The number of nitrogens with zero attached hydrogens (tertiary/aromatic N) is 4. The average molecular weight is 302 g/mol. The molecule has 1 saturated carbocycles. The number of carbonyl (C=O) groups excluding carboxylic acids is 1. The van der Waals surface area contributed by atoms with Crippen LogP contribution < -0.4 is 0 Å². The Labute approximate surface area is 132 Å². The third-order valence-electron chi connectivity index (χ3n) is 4.79. The molecule has 5 heteroatoms. The Balaban J connectivity index is 1.72. The predicted molar refractivity (Wildman–Crippen MR) is 85.5 cm³/mol. The van der Waals surface area contributed by atoms with E-state index in [1.807, 2.05) is 4.90 Å². The van der Waals surface area contributed by atoms with Crippen LogP contribution in [0.5, 0.6) is 0 Å². The van der Waals surface area contributed by atoms with Gasteiger partial charge in [-0.3, -0.25) is 9.69 Å². The third kappa shape index (κ3) is 3.64. The molecule has 0 spiro atoms. The molecule has 0 unspecified atom stereocenters. The molecule has 22 heavy (non-hydrogen) atoms. The Kier molecular flexibility index (Phi) is 4.71. The Bertz CT molecular complexity index is 501. The van der Waals surface area contributed by atoms with Gasteiger partial charge >= 0.3 is 0 Å². The van der Waals surface area contributed by atoms with Gasteiger partial charge in [0.25, 0.3) is 5.91 Å². The summed E-state index contributed by atoms with van der Waals surface area (Å²) in [5.74, 6) is 1.46. The highest BCUT2D eigenvalue weighted by atomic mass is 16.2. The zero-order valence-corrected chi connectivity index (χ0v) is 13.6. The fraction of sp³-hybridized carbons (Fsp3) is 0.706. The van der Waals surface area contributed by atoms with Crippen molar-refractivity contribution < 1.29 is 4.79 Å². The average Bonchev–Trinajstić information content (AvgIpc) is 3.35. The van der Waals surface area contributed by atoms with Crippen LogP contribution in [-0.2, 0) is 0 Å². The van der Waals surface area contributed by atoms with Gasteiger partial charge in [0.05, 0.1) is 0 Å². The second-order valence-corrected chi connectivity index (χ2v) is 6.96. The van der Waals surface area contributed by atoms with E-state index in [4.69, 9.17) is 0 Å². The van der Waals surface area contributed by atoms with Crippen molar-refractivity contribution in [1.82, 2.24) is 20.0 Å². The molecule has 3 rings (SSSR count). The molecule has 1 saturated heterocycles. The number of amides is 1. The number of hydrogen-bond donors (Lipinski definition) is 0. The molecule has 2 heterocycles. The van der Waals surface area contributed by atoms with Gasteiger partial charge in [0.1, 0.15) is 0 Å². The van der Waals surface area contributed by atoms with Crippen LogP contribution in [0.2, 0.25) is 0 Å². The molecule has 1 amide bonds. The van der Waals surface area contributed by atoms with Crippen LogP contribution >= 0.6 is 0 Å². The standard InChI is InChI=1S/C17H26N4O/c1-13(2)16-12-21(17(22)15-5-3-8-18-19-15)10-4-9-20(16)11-14-6-7-14/h3,5,8,13-14,16H,4,6-7,9-12H2,1-2H3/t16-/m0/s1. The third-order valence-corrected chi connectivity index (χ3v) is 4.79. The van der Waals surface area contributed by atoms with Gasteiger partial charge in [0.15, 0.2) is 5.69 Å². The summed E-state index contributed by atoms with van der Waals surface area (Å²) >= 11 is 0. The van der Waals surface area contributed by atoms with Crippen LogP contribution in [-0.4, -0.2) is 58.1 Å². The molecular formula is C17H26N4O. The van der Waals surface area contributed by atoms with Crippen molar-refractivity contribution in [3.63, 3.8) is 0 Å². The highest BCUT2D eigenvalue weighted by Gasteiger charge is 2.33. The molecule has 0 radical (unpaired) electrons. The molecule has 1 atom stereocenters. The van der Waals surface area contributed by atoms with Gasteiger partial charge in [-0.1, -0.05) is 13.8 Å². The first-order chi connectivity index (χ1) is 10.6. The van der Waals surface area contributed by atoms with E-state index in [1.54, 1.807) is 18.3 Å². The topological polar surface area (TPSA) is 49.3 Å². The maximum absolute atomic E-state index is 12.7. The number of hydrogen-bond acceptors (Lipinski definition) is 4. The minimum atomic E-state index is 0.0204. The van der Waals surface area contributed by atoms with Crippen LogP contribution in [0.1, 0.15) is 43.6 Å². The molecule has 5 nitrogen and oxygen atoms in total. The van der Waals surface area contributed by atoms with Crippen LogP contribution in [0.15, 0.2) is 18.3 Å². The van der Waals surface area contributed by atoms with Crippen molar-refractivity contribution in [1.29, 1.82) is 0 Å². The van der Waals surface area contributed by atoms with Crippen LogP contribution in [0.3, 0.4) is 0 Å². The van der Waals surface area contributed by atoms with E-state index >= 15 is 0 Å². The summed E-state index contributed by atoms with van der Waals surface area (Å²) in [6.07, 6.45) is 5.41. The lowest BCUT2D eigenvalue weighted by Gasteiger charge is -2.34. The summed E-state index contributed by atoms with van der Waals surface area (Å²) in [4.78, 5) is 17.3. The lowest BCUT2D eigenvalue weighted by molar-refractivity contribution is 0.0697. The van der Waals surface area contributed by atoms with Gasteiger partial charge in [0, 0.05) is 38.4 Å². The number of aromatic nitrogens is 2. The molecule has 0 aromatic carbocycles. The SMILES string of the molecule is CC(C)[C@@H]1CN(C(=O)c2cccnn2)CCCN1CC1CC1. The maximum atomic E-state index is 12.7. The van der Waals surface area contributed by atoms with Crippen LogP contribution in [0.25, 0.3) is 0 Å². The van der Waals surface area contributed by atoms with Gasteiger partial charge in [-0.25, -0.2) is 0 Å². The Morgan fingerprint density at radius 1 is 1.36 bits per heavy atom. The summed E-state index contributed by atoms with van der Waals surface area (Å²) < 4.78 is 0. The van der Waals surface area contributed by atoms with Crippen molar-refractivity contribution in [2.45, 2.75) is 39.2 Å². The summed E-state index contributed by atoms with van der Waals surface area (Å²) in [6, 6.07) is 3.98. The van der Waals surface area contributed by atoms with Gasteiger partial charge in [-0.2, -0.15) is 5.10 Å². The summed E-state index contributed by atoms with van der Waals surface area (Å²) in [5, 5.41) is 7.81. The van der Waals surface area contributed by atoms with Gasteiger partial charge in [-0.05, 0) is 43.2 Å². The van der Waals surface area contributed by atoms with Crippen molar-refractivity contribution >= 4 is 5.91 Å². The van der Waals surface area contributed by atoms with Crippen molar-refractivity contribution in [3.05, 3.63) is 24.0 Å². The first-order valence-electron chi connectivity index (χ1n) is 8.46. The monoisotopic (exact) mass is 302 g/mol. The molecule has 2 aliphatic rings. The van der Waals surface area contributed by atoms with E-state index in [2.05, 4.69) is 28.9 Å². The predicted octanol–water partition coefficient (Wildman–Crippen LogP) is 2.06. The summed E-state index contributed by atoms with van der Waals surface area (Å²) in [6.45, 7) is 8.46. The van der Waals surface area contributed by atoms with Crippen molar-refractivity contribution in [2.75, 3.05) is 26.2 Å². The number of carbonyl (C=O) groups is 1. The highest BCUT2D eigenvalue weighted by molar-refractivity contribution is 5.92. The van der Waals surface area contributed by atoms with E-state index < -0.39 is 0 Å². The fourth-order valence-electron chi connectivity index (χ4n) is 3.32. The van der Waals surface area contributed by atoms with Crippen molar-refractivity contribution in [2.24, 2.45) is 11.8 Å². The largest absolute Gasteiger partial charge is 0.336 e. The molecule has 0 N–H and O–H groups in total. The van der Waals surface area contributed by atoms with E-state index in [0.29, 0.717) is 17.7 Å². The molecular weight excluding hydrogens is 276 g/mol. The Morgan fingerprint density at radius 3 is 2.82 bits per heavy atom. The minimum absolute atomic E-state index is 0.0204. The molecule has 1 aliphatic heterocycles. The lowest BCUT2D eigenvalue weighted by atomic mass is 10.0.